The molecule has 7 heteroatoms. The number of hydrogen-bond acceptors (Lipinski definition) is 5. The van der Waals surface area contributed by atoms with E-state index in [1.807, 2.05) is 54.8 Å². The molecule has 0 aliphatic rings. The Morgan fingerprint density at radius 2 is 1.93 bits per heavy atom. The van der Waals surface area contributed by atoms with E-state index in [-0.39, 0.29) is 18.0 Å². The zero-order valence-corrected chi connectivity index (χ0v) is 16.8. The van der Waals surface area contributed by atoms with Crippen molar-refractivity contribution in [3.63, 3.8) is 0 Å². The van der Waals surface area contributed by atoms with Crippen LogP contribution in [0, 0.1) is 6.92 Å². The summed E-state index contributed by atoms with van der Waals surface area (Å²) in [5.74, 6) is 0.206. The SMILES string of the molecule is COc1ccc(C)cc1NC(=O)Cn1nc(-c2cccs2)c2ccccc2c1=O. The lowest BCUT2D eigenvalue weighted by molar-refractivity contribution is -0.117. The predicted molar refractivity (Wildman–Crippen MR) is 116 cm³/mol. The Balaban J connectivity index is 1.71. The van der Waals surface area contributed by atoms with E-state index in [1.54, 1.807) is 19.2 Å². The molecule has 2 aromatic heterocycles. The number of benzene rings is 2. The van der Waals surface area contributed by atoms with Crippen molar-refractivity contribution < 1.29 is 9.53 Å². The predicted octanol–water partition coefficient (Wildman–Crippen LogP) is 4.08. The minimum absolute atomic E-state index is 0.195. The van der Waals surface area contributed by atoms with Crippen LogP contribution in [0.1, 0.15) is 5.56 Å². The number of thiophene rings is 1. The molecule has 1 N–H and O–H groups in total. The number of methoxy groups -OCH3 is 1. The van der Waals surface area contributed by atoms with Gasteiger partial charge in [0.25, 0.3) is 5.56 Å². The molecule has 2 heterocycles. The monoisotopic (exact) mass is 405 g/mol. The lowest BCUT2D eigenvalue weighted by Gasteiger charge is -2.13. The molecule has 1 amide bonds. The Morgan fingerprint density at radius 3 is 2.66 bits per heavy atom. The molecule has 2 aromatic carbocycles. The molecule has 4 rings (SSSR count). The number of fused-ring (bicyclic) bond motifs is 1. The van der Waals surface area contributed by atoms with Crippen LogP contribution in [-0.2, 0) is 11.3 Å². The largest absolute Gasteiger partial charge is 0.495 e. The number of carbonyl (C=O) groups is 1. The maximum Gasteiger partial charge on any atom is 0.275 e. The molecule has 6 nitrogen and oxygen atoms in total. The number of ether oxygens (including phenoxy) is 1. The number of hydrogen-bond donors (Lipinski definition) is 1. The second kappa shape index (κ2) is 7.89. The lowest BCUT2D eigenvalue weighted by Crippen LogP contribution is -2.30. The summed E-state index contributed by atoms with van der Waals surface area (Å²) in [6.45, 7) is 1.73. The van der Waals surface area contributed by atoms with Crippen molar-refractivity contribution in [2.24, 2.45) is 0 Å². The van der Waals surface area contributed by atoms with Crippen molar-refractivity contribution in [3.05, 3.63) is 75.9 Å². The molecule has 0 radical (unpaired) electrons. The Hall–Kier alpha value is -3.45. The molecule has 0 atom stereocenters. The summed E-state index contributed by atoms with van der Waals surface area (Å²) in [5, 5.41) is 10.6. The van der Waals surface area contributed by atoms with Gasteiger partial charge in [-0.05, 0) is 42.1 Å². The van der Waals surface area contributed by atoms with Gasteiger partial charge in [-0.15, -0.1) is 11.3 Å². The van der Waals surface area contributed by atoms with Crippen molar-refractivity contribution in [2.45, 2.75) is 13.5 Å². The van der Waals surface area contributed by atoms with Gasteiger partial charge in [-0.3, -0.25) is 9.59 Å². The molecule has 0 fully saturated rings. The first-order valence-electron chi connectivity index (χ1n) is 9.05. The van der Waals surface area contributed by atoms with Gasteiger partial charge in [0.2, 0.25) is 5.91 Å². The van der Waals surface area contributed by atoms with Crippen molar-refractivity contribution in [1.29, 1.82) is 0 Å². The van der Waals surface area contributed by atoms with Crippen LogP contribution >= 0.6 is 11.3 Å². The second-order valence-electron chi connectivity index (χ2n) is 6.59. The number of aromatic nitrogens is 2. The molecule has 4 aromatic rings. The van der Waals surface area contributed by atoms with Crippen LogP contribution in [0.15, 0.2) is 64.8 Å². The molecular formula is C22H19N3O3S. The zero-order valence-electron chi connectivity index (χ0n) is 16.0. The van der Waals surface area contributed by atoms with Gasteiger partial charge in [0, 0.05) is 5.39 Å². The van der Waals surface area contributed by atoms with Crippen LogP contribution in [0.5, 0.6) is 5.75 Å². The molecule has 29 heavy (non-hydrogen) atoms. The van der Waals surface area contributed by atoms with Gasteiger partial charge in [-0.1, -0.05) is 30.3 Å². The van der Waals surface area contributed by atoms with Gasteiger partial charge in [0.05, 0.1) is 23.1 Å². The third kappa shape index (κ3) is 3.77. The molecule has 0 aliphatic carbocycles. The van der Waals surface area contributed by atoms with E-state index in [0.717, 1.165) is 15.8 Å². The van der Waals surface area contributed by atoms with Crippen LogP contribution < -0.4 is 15.6 Å². The first-order chi connectivity index (χ1) is 14.1. The Morgan fingerprint density at radius 1 is 1.14 bits per heavy atom. The highest BCUT2D eigenvalue weighted by molar-refractivity contribution is 7.13. The molecule has 146 valence electrons. The smallest absolute Gasteiger partial charge is 0.275 e. The first kappa shape index (κ1) is 18.9. The van der Waals surface area contributed by atoms with Gasteiger partial charge >= 0.3 is 0 Å². The van der Waals surface area contributed by atoms with Crippen molar-refractivity contribution in [1.82, 2.24) is 9.78 Å². The number of nitrogens with zero attached hydrogens (tertiary/aromatic N) is 2. The van der Waals surface area contributed by atoms with Gasteiger partial charge in [-0.25, -0.2) is 4.68 Å². The third-order valence-electron chi connectivity index (χ3n) is 4.54. The van der Waals surface area contributed by atoms with Gasteiger partial charge in [0.15, 0.2) is 0 Å². The second-order valence-corrected chi connectivity index (χ2v) is 7.53. The number of nitrogens with one attached hydrogen (secondary N) is 1. The van der Waals surface area contributed by atoms with E-state index in [4.69, 9.17) is 4.74 Å². The van der Waals surface area contributed by atoms with Crippen molar-refractivity contribution >= 4 is 33.7 Å². The van der Waals surface area contributed by atoms with Crippen molar-refractivity contribution in [2.75, 3.05) is 12.4 Å². The summed E-state index contributed by atoms with van der Waals surface area (Å²) in [5.41, 5.74) is 1.94. The topological polar surface area (TPSA) is 73.2 Å². The fourth-order valence-electron chi connectivity index (χ4n) is 3.18. The number of anilines is 1. The first-order valence-corrected chi connectivity index (χ1v) is 9.93. The summed E-state index contributed by atoms with van der Waals surface area (Å²) in [7, 11) is 1.54. The number of amides is 1. The number of rotatable bonds is 5. The van der Waals surface area contributed by atoms with Gasteiger partial charge < -0.3 is 10.1 Å². The summed E-state index contributed by atoms with van der Waals surface area (Å²) in [6, 6.07) is 16.7. The highest BCUT2D eigenvalue weighted by Gasteiger charge is 2.15. The third-order valence-corrected chi connectivity index (χ3v) is 5.42. The average molecular weight is 405 g/mol. The van der Waals surface area contributed by atoms with Crippen LogP contribution in [0.3, 0.4) is 0 Å². The standard InChI is InChI=1S/C22H19N3O3S/c1-14-9-10-18(28-2)17(12-14)23-20(26)13-25-22(27)16-7-4-3-6-15(16)21(24-25)19-8-5-11-29-19/h3-12H,13H2,1-2H3,(H,23,26). The fraction of sp³-hybridized carbons (Fsp3) is 0.136. The Kier molecular flexibility index (Phi) is 5.14. The van der Waals surface area contributed by atoms with Gasteiger partial charge in [-0.2, -0.15) is 5.10 Å². The number of carbonyl (C=O) groups excluding carboxylic acids is 1. The van der Waals surface area contributed by atoms with E-state index < -0.39 is 0 Å². The lowest BCUT2D eigenvalue weighted by atomic mass is 10.1. The zero-order chi connectivity index (χ0) is 20.4. The maximum absolute atomic E-state index is 12.9. The molecule has 0 aliphatic heterocycles. The minimum atomic E-state index is -0.351. The molecule has 0 saturated carbocycles. The van der Waals surface area contributed by atoms with E-state index in [0.29, 0.717) is 22.5 Å². The minimum Gasteiger partial charge on any atom is -0.495 e. The Bertz CT molecular complexity index is 1250. The fourth-order valence-corrected chi connectivity index (χ4v) is 3.91. The summed E-state index contributed by atoms with van der Waals surface area (Å²) in [6.07, 6.45) is 0. The summed E-state index contributed by atoms with van der Waals surface area (Å²) in [4.78, 5) is 26.5. The molecular weight excluding hydrogens is 386 g/mol. The Labute approximate surface area is 171 Å². The van der Waals surface area contributed by atoms with Crippen LogP contribution in [0.2, 0.25) is 0 Å². The van der Waals surface area contributed by atoms with E-state index in [9.17, 15) is 9.59 Å². The van der Waals surface area contributed by atoms with E-state index in [2.05, 4.69) is 10.4 Å². The summed E-state index contributed by atoms with van der Waals surface area (Å²) < 4.78 is 6.52. The highest BCUT2D eigenvalue weighted by Crippen LogP contribution is 2.28. The normalized spacial score (nSPS) is 10.8. The maximum atomic E-state index is 12.9. The molecule has 0 bridgehead atoms. The van der Waals surface area contributed by atoms with Gasteiger partial charge in [0.1, 0.15) is 18.0 Å². The quantitative estimate of drug-likeness (QED) is 0.543. The van der Waals surface area contributed by atoms with Crippen LogP contribution in [0.4, 0.5) is 5.69 Å². The van der Waals surface area contributed by atoms with E-state index >= 15 is 0 Å². The summed E-state index contributed by atoms with van der Waals surface area (Å²) >= 11 is 1.54. The van der Waals surface area contributed by atoms with Crippen LogP contribution in [-0.4, -0.2) is 22.8 Å². The molecule has 0 saturated heterocycles. The molecule has 0 spiro atoms. The van der Waals surface area contributed by atoms with Crippen LogP contribution in [0.25, 0.3) is 21.3 Å². The average Bonchev–Trinajstić information content (AvgIpc) is 3.25. The van der Waals surface area contributed by atoms with E-state index in [1.165, 1.54) is 16.0 Å². The highest BCUT2D eigenvalue weighted by atomic mass is 32.1. The number of aryl methyl sites for hydroxylation is 1. The van der Waals surface area contributed by atoms with Crippen molar-refractivity contribution in [3.8, 4) is 16.3 Å². The molecule has 0 unspecified atom stereocenters.